The van der Waals surface area contributed by atoms with Crippen LogP contribution in [0.3, 0.4) is 0 Å². The van der Waals surface area contributed by atoms with Crippen LogP contribution in [0.4, 0.5) is 5.00 Å². The number of anilines is 1. The number of aryl methyl sites for hydroxylation is 1. The van der Waals surface area contributed by atoms with E-state index < -0.39 is 5.97 Å². The number of nitrogens with zero attached hydrogens (tertiary/aromatic N) is 2. The van der Waals surface area contributed by atoms with Gasteiger partial charge in [-0.1, -0.05) is 18.2 Å². The lowest BCUT2D eigenvalue weighted by atomic mass is 10.0. The first kappa shape index (κ1) is 21.5. The van der Waals surface area contributed by atoms with Crippen molar-refractivity contribution >= 4 is 34.1 Å². The molecule has 3 heterocycles. The summed E-state index contributed by atoms with van der Waals surface area (Å²) in [5, 5.41) is 5.62. The molecule has 164 valence electrons. The Hall–Kier alpha value is -2.71. The fourth-order valence-electron chi connectivity index (χ4n) is 4.43. The number of carbonyl (C=O) groups is 3. The summed E-state index contributed by atoms with van der Waals surface area (Å²) in [6, 6.07) is 9.22. The van der Waals surface area contributed by atoms with E-state index in [1.54, 1.807) is 11.0 Å². The average Bonchev–Trinajstić information content (AvgIpc) is 3.40. The molecule has 0 bridgehead atoms. The van der Waals surface area contributed by atoms with E-state index in [4.69, 9.17) is 4.74 Å². The fraction of sp³-hybridized carbons (Fsp3) is 0.435. The van der Waals surface area contributed by atoms with E-state index in [9.17, 15) is 14.4 Å². The largest absolute Gasteiger partial charge is 0.465 e. The Bertz CT molecular complexity index is 981. The van der Waals surface area contributed by atoms with Crippen molar-refractivity contribution in [1.29, 1.82) is 0 Å². The Balaban J connectivity index is 1.34. The Morgan fingerprint density at radius 1 is 1.06 bits per heavy atom. The van der Waals surface area contributed by atoms with E-state index in [0.717, 1.165) is 37.9 Å². The predicted molar refractivity (Wildman–Crippen MR) is 120 cm³/mol. The van der Waals surface area contributed by atoms with Crippen molar-refractivity contribution in [2.24, 2.45) is 0 Å². The molecule has 2 aliphatic rings. The average molecular weight is 442 g/mol. The lowest BCUT2D eigenvalue weighted by molar-refractivity contribution is -0.122. The van der Waals surface area contributed by atoms with E-state index in [2.05, 4.69) is 10.2 Å². The Morgan fingerprint density at radius 3 is 2.52 bits per heavy atom. The maximum Gasteiger partial charge on any atom is 0.340 e. The van der Waals surface area contributed by atoms with Crippen LogP contribution in [0.5, 0.6) is 0 Å². The van der Waals surface area contributed by atoms with Crippen molar-refractivity contribution in [3.05, 3.63) is 52.4 Å². The van der Waals surface area contributed by atoms with Crippen LogP contribution in [0.1, 0.15) is 45.5 Å². The molecule has 1 aromatic heterocycles. The maximum atomic E-state index is 13.1. The molecule has 0 saturated carbocycles. The summed E-state index contributed by atoms with van der Waals surface area (Å²) in [4.78, 5) is 41.6. The van der Waals surface area contributed by atoms with E-state index in [1.165, 1.54) is 18.4 Å². The van der Waals surface area contributed by atoms with E-state index in [1.807, 2.05) is 36.6 Å². The second kappa shape index (κ2) is 9.20. The minimum absolute atomic E-state index is 0.0345. The van der Waals surface area contributed by atoms with Gasteiger partial charge in [0.15, 0.2) is 0 Å². The molecule has 31 heavy (non-hydrogen) atoms. The van der Waals surface area contributed by atoms with Crippen molar-refractivity contribution in [3.63, 3.8) is 0 Å². The molecule has 1 N–H and O–H groups in total. The van der Waals surface area contributed by atoms with Crippen LogP contribution < -0.4 is 10.2 Å². The number of thiophene rings is 1. The number of rotatable bonds is 5. The molecule has 1 aromatic carbocycles. The third kappa shape index (κ3) is 4.36. The maximum absolute atomic E-state index is 13.1. The van der Waals surface area contributed by atoms with Crippen LogP contribution in [-0.4, -0.2) is 61.5 Å². The van der Waals surface area contributed by atoms with Gasteiger partial charge in [0, 0.05) is 31.2 Å². The molecular weight excluding hydrogens is 414 g/mol. The minimum atomic E-state index is -0.419. The third-order valence-electron chi connectivity index (χ3n) is 6.17. The first-order valence-corrected chi connectivity index (χ1v) is 11.4. The Kier molecular flexibility index (Phi) is 6.38. The summed E-state index contributed by atoms with van der Waals surface area (Å²) < 4.78 is 4.84. The second-order valence-corrected chi connectivity index (χ2v) is 8.92. The molecule has 7 nitrogen and oxygen atoms in total. The number of amides is 2. The molecule has 2 fully saturated rings. The zero-order valence-corrected chi connectivity index (χ0v) is 18.6. The Labute approximate surface area is 186 Å². The molecule has 2 saturated heterocycles. The number of likely N-dealkylation sites (tertiary alicyclic amines) is 1. The summed E-state index contributed by atoms with van der Waals surface area (Å²) in [6.07, 6.45) is 2.36. The van der Waals surface area contributed by atoms with Gasteiger partial charge in [-0.2, -0.15) is 0 Å². The van der Waals surface area contributed by atoms with Gasteiger partial charge < -0.3 is 15.0 Å². The molecular formula is C23H27N3O4S. The molecule has 4 rings (SSSR count). The van der Waals surface area contributed by atoms with Gasteiger partial charge >= 0.3 is 5.97 Å². The number of ether oxygens (including phenoxy) is 1. The van der Waals surface area contributed by atoms with Crippen LogP contribution in [-0.2, 0) is 9.53 Å². The van der Waals surface area contributed by atoms with Gasteiger partial charge in [0.1, 0.15) is 5.00 Å². The van der Waals surface area contributed by atoms with Gasteiger partial charge in [-0.25, -0.2) is 4.79 Å². The number of hydrogen-bond donors (Lipinski definition) is 1. The van der Waals surface area contributed by atoms with E-state index in [0.29, 0.717) is 22.7 Å². The van der Waals surface area contributed by atoms with Gasteiger partial charge in [-0.3, -0.25) is 14.5 Å². The molecule has 0 radical (unpaired) electrons. The summed E-state index contributed by atoms with van der Waals surface area (Å²) in [5.41, 5.74) is 2.12. The number of hydrogen-bond acceptors (Lipinski definition) is 6. The zero-order chi connectivity index (χ0) is 22.0. The number of carbonyl (C=O) groups excluding carboxylic acids is 3. The molecule has 2 aromatic rings. The highest BCUT2D eigenvalue weighted by atomic mass is 32.1. The second-order valence-electron chi connectivity index (χ2n) is 8.02. The van der Waals surface area contributed by atoms with Crippen LogP contribution in [0.2, 0.25) is 0 Å². The zero-order valence-electron chi connectivity index (χ0n) is 17.8. The topological polar surface area (TPSA) is 79.0 Å². The minimum Gasteiger partial charge on any atom is -0.465 e. The van der Waals surface area contributed by atoms with Gasteiger partial charge in [0.05, 0.1) is 18.7 Å². The quantitative estimate of drug-likeness (QED) is 0.722. The summed E-state index contributed by atoms with van der Waals surface area (Å²) in [6.45, 7) is 4.06. The highest BCUT2D eigenvalue weighted by Crippen LogP contribution is 2.33. The molecule has 0 aliphatic carbocycles. The number of benzene rings is 1. The van der Waals surface area contributed by atoms with Crippen molar-refractivity contribution in [2.45, 2.75) is 38.3 Å². The van der Waals surface area contributed by atoms with Crippen LogP contribution in [0.25, 0.3) is 0 Å². The summed E-state index contributed by atoms with van der Waals surface area (Å²) in [7, 11) is 1.35. The van der Waals surface area contributed by atoms with Crippen molar-refractivity contribution in [1.82, 2.24) is 10.2 Å². The molecule has 0 spiro atoms. The Morgan fingerprint density at radius 2 is 1.81 bits per heavy atom. The first-order valence-electron chi connectivity index (χ1n) is 10.6. The van der Waals surface area contributed by atoms with Crippen molar-refractivity contribution in [3.8, 4) is 0 Å². The molecule has 1 unspecified atom stereocenters. The summed E-state index contributed by atoms with van der Waals surface area (Å²) >= 11 is 1.39. The summed E-state index contributed by atoms with van der Waals surface area (Å²) in [5.74, 6) is -0.416. The lowest BCUT2D eigenvalue weighted by Crippen LogP contribution is -2.50. The lowest BCUT2D eigenvalue weighted by Gasteiger charge is -2.35. The monoisotopic (exact) mass is 441 g/mol. The molecule has 2 amide bonds. The first-order chi connectivity index (χ1) is 15.0. The van der Waals surface area contributed by atoms with E-state index >= 15 is 0 Å². The van der Waals surface area contributed by atoms with Gasteiger partial charge in [0.2, 0.25) is 5.91 Å². The van der Waals surface area contributed by atoms with Gasteiger partial charge in [-0.15, -0.1) is 11.3 Å². The number of nitrogens with one attached hydrogen (secondary N) is 1. The smallest absolute Gasteiger partial charge is 0.340 e. The molecule has 8 heteroatoms. The van der Waals surface area contributed by atoms with Crippen LogP contribution in [0.15, 0.2) is 35.7 Å². The van der Waals surface area contributed by atoms with Gasteiger partial charge in [0.25, 0.3) is 5.91 Å². The molecule has 2 aliphatic heterocycles. The highest BCUT2D eigenvalue weighted by molar-refractivity contribution is 7.14. The predicted octanol–water partition coefficient (Wildman–Crippen LogP) is 2.84. The SMILES string of the molecule is COC(=O)c1ccsc1N1CCC(N2CCC(NC(=O)c3ccccc3C)CC2)C1=O. The van der Waals surface area contributed by atoms with Crippen LogP contribution >= 0.6 is 11.3 Å². The highest BCUT2D eigenvalue weighted by Gasteiger charge is 2.39. The van der Waals surface area contributed by atoms with Gasteiger partial charge in [-0.05, 0) is 49.3 Å². The standard InChI is InChI=1S/C23H27N3O4S/c1-15-5-3-4-6-17(15)20(27)24-16-7-11-25(12-8-16)19-9-13-26(21(19)28)22-18(10-14-31-22)23(29)30-2/h3-6,10,14,16,19H,7-9,11-13H2,1-2H3,(H,24,27). The van der Waals surface area contributed by atoms with Crippen LogP contribution in [0, 0.1) is 6.92 Å². The number of methoxy groups -OCH3 is 1. The molecule has 1 atom stereocenters. The number of piperidine rings is 1. The normalized spacial score (nSPS) is 20.1. The number of esters is 1. The third-order valence-corrected chi connectivity index (χ3v) is 7.10. The van der Waals surface area contributed by atoms with Crippen molar-refractivity contribution < 1.29 is 19.1 Å². The van der Waals surface area contributed by atoms with Crippen molar-refractivity contribution in [2.75, 3.05) is 31.6 Å². The van der Waals surface area contributed by atoms with E-state index in [-0.39, 0.29) is 23.9 Å². The fourth-order valence-corrected chi connectivity index (χ4v) is 5.35.